The van der Waals surface area contributed by atoms with Gasteiger partial charge in [-0.1, -0.05) is 0 Å². The van der Waals surface area contributed by atoms with Crippen LogP contribution in [-0.4, -0.2) is 38.7 Å². The second-order valence-electron chi connectivity index (χ2n) is 6.21. The molecule has 2 aromatic carbocycles. The Morgan fingerprint density at radius 2 is 1.67 bits per heavy atom. The smallest absolute Gasteiger partial charge is 0.324 e. The van der Waals surface area contributed by atoms with E-state index < -0.39 is 46.1 Å². The average Bonchev–Trinajstić information content (AvgIpc) is 2.67. The Hall–Kier alpha value is -3.18. The maximum absolute atomic E-state index is 13.2. The van der Waals surface area contributed by atoms with E-state index in [1.807, 2.05) is 0 Å². The van der Waals surface area contributed by atoms with Crippen molar-refractivity contribution in [2.45, 2.75) is 24.8 Å². The highest BCUT2D eigenvalue weighted by atomic mass is 32.2. The molecular weight excluding hydrogens is 422 g/mol. The first kappa shape index (κ1) is 23.1. The number of anilines is 1. The molecule has 1 amide bonds. The van der Waals surface area contributed by atoms with Gasteiger partial charge in [-0.05, 0) is 49.4 Å². The van der Waals surface area contributed by atoms with Gasteiger partial charge in [0.1, 0.15) is 6.04 Å². The zero-order valence-corrected chi connectivity index (χ0v) is 16.8. The molecule has 0 bridgehead atoms. The molecule has 2 rings (SSSR count). The standard InChI is InChI=1S/C19H18F2N2O6S/c1-11(19(26)29-10-18(25)13-3-8-16(20)17(21)9-13)23-30(27,28)15-6-4-14(5-7-15)22-12(2)24/h3-9,11,23H,10H2,1-2H3,(H,22,24). The summed E-state index contributed by atoms with van der Waals surface area (Å²) in [5, 5.41) is 2.49. The molecule has 2 N–H and O–H groups in total. The van der Waals surface area contributed by atoms with E-state index in [2.05, 4.69) is 10.0 Å². The molecule has 0 heterocycles. The second-order valence-corrected chi connectivity index (χ2v) is 7.92. The number of rotatable bonds is 8. The molecule has 1 atom stereocenters. The predicted molar refractivity (Wildman–Crippen MR) is 102 cm³/mol. The van der Waals surface area contributed by atoms with E-state index in [0.717, 1.165) is 12.1 Å². The minimum absolute atomic E-state index is 0.158. The van der Waals surface area contributed by atoms with Crippen molar-refractivity contribution in [3.8, 4) is 0 Å². The van der Waals surface area contributed by atoms with Crippen LogP contribution in [0.5, 0.6) is 0 Å². The third kappa shape index (κ3) is 6.16. The minimum atomic E-state index is -4.09. The first-order chi connectivity index (χ1) is 14.0. The normalized spacial score (nSPS) is 12.1. The van der Waals surface area contributed by atoms with Gasteiger partial charge < -0.3 is 10.1 Å². The van der Waals surface area contributed by atoms with Crippen LogP contribution in [0, 0.1) is 11.6 Å². The zero-order chi connectivity index (χ0) is 22.5. The number of hydrogen-bond acceptors (Lipinski definition) is 6. The maximum atomic E-state index is 13.2. The monoisotopic (exact) mass is 440 g/mol. The summed E-state index contributed by atoms with van der Waals surface area (Å²) in [6.07, 6.45) is 0. The molecule has 0 fully saturated rings. The zero-order valence-electron chi connectivity index (χ0n) is 15.9. The van der Waals surface area contributed by atoms with Gasteiger partial charge in [-0.2, -0.15) is 4.72 Å². The van der Waals surface area contributed by atoms with Crippen LogP contribution < -0.4 is 10.0 Å². The molecule has 8 nitrogen and oxygen atoms in total. The predicted octanol–water partition coefficient (Wildman–Crippen LogP) is 2.02. The SMILES string of the molecule is CC(=O)Nc1ccc(S(=O)(=O)NC(C)C(=O)OCC(=O)c2ccc(F)c(F)c2)cc1. The van der Waals surface area contributed by atoms with Gasteiger partial charge in [0.15, 0.2) is 24.0 Å². The Bertz CT molecular complexity index is 1070. The van der Waals surface area contributed by atoms with Gasteiger partial charge >= 0.3 is 5.97 Å². The lowest BCUT2D eigenvalue weighted by Gasteiger charge is -2.14. The molecule has 11 heteroatoms. The first-order valence-electron chi connectivity index (χ1n) is 8.54. The first-order valence-corrected chi connectivity index (χ1v) is 10.0. The maximum Gasteiger partial charge on any atom is 0.324 e. The molecule has 0 aliphatic carbocycles. The van der Waals surface area contributed by atoms with E-state index in [4.69, 9.17) is 4.74 Å². The van der Waals surface area contributed by atoms with Gasteiger partial charge in [-0.15, -0.1) is 0 Å². The molecule has 0 aliphatic rings. The third-order valence-corrected chi connectivity index (χ3v) is 5.31. The summed E-state index contributed by atoms with van der Waals surface area (Å²) < 4.78 is 57.6. The van der Waals surface area contributed by atoms with Crippen molar-refractivity contribution in [1.82, 2.24) is 4.72 Å². The van der Waals surface area contributed by atoms with Crippen molar-refractivity contribution in [1.29, 1.82) is 0 Å². The Balaban J connectivity index is 1.96. The minimum Gasteiger partial charge on any atom is -0.456 e. The van der Waals surface area contributed by atoms with E-state index in [-0.39, 0.29) is 16.4 Å². The van der Waals surface area contributed by atoms with E-state index in [1.165, 1.54) is 38.1 Å². The quantitative estimate of drug-likeness (QED) is 0.479. The average molecular weight is 440 g/mol. The largest absolute Gasteiger partial charge is 0.456 e. The summed E-state index contributed by atoms with van der Waals surface area (Å²) in [4.78, 5) is 34.8. The Kier molecular flexibility index (Phi) is 7.35. The fourth-order valence-electron chi connectivity index (χ4n) is 2.28. The highest BCUT2D eigenvalue weighted by Gasteiger charge is 2.24. The fourth-order valence-corrected chi connectivity index (χ4v) is 3.48. The molecule has 0 saturated heterocycles. The van der Waals surface area contributed by atoms with E-state index in [0.29, 0.717) is 11.8 Å². The number of sulfonamides is 1. The number of ether oxygens (including phenoxy) is 1. The Morgan fingerprint density at radius 1 is 1.03 bits per heavy atom. The van der Waals surface area contributed by atoms with Crippen molar-refractivity contribution >= 4 is 33.4 Å². The van der Waals surface area contributed by atoms with E-state index >= 15 is 0 Å². The molecule has 160 valence electrons. The van der Waals surface area contributed by atoms with Crippen LogP contribution in [0.4, 0.5) is 14.5 Å². The second kappa shape index (κ2) is 9.55. The van der Waals surface area contributed by atoms with Crippen molar-refractivity contribution in [3.63, 3.8) is 0 Å². The van der Waals surface area contributed by atoms with Crippen LogP contribution in [0.1, 0.15) is 24.2 Å². The van der Waals surface area contributed by atoms with Crippen molar-refractivity contribution in [2.75, 3.05) is 11.9 Å². The van der Waals surface area contributed by atoms with Gasteiger partial charge in [0.05, 0.1) is 4.90 Å². The lowest BCUT2D eigenvalue weighted by molar-refractivity contribution is -0.144. The van der Waals surface area contributed by atoms with Crippen LogP contribution in [-0.2, 0) is 24.3 Å². The van der Waals surface area contributed by atoms with Crippen LogP contribution in [0.15, 0.2) is 47.4 Å². The van der Waals surface area contributed by atoms with E-state index in [9.17, 15) is 31.6 Å². The lowest BCUT2D eigenvalue weighted by atomic mass is 10.1. The molecule has 0 spiro atoms. The highest BCUT2D eigenvalue weighted by Crippen LogP contribution is 2.15. The van der Waals surface area contributed by atoms with Crippen molar-refractivity contribution in [2.24, 2.45) is 0 Å². The van der Waals surface area contributed by atoms with Crippen molar-refractivity contribution in [3.05, 3.63) is 59.7 Å². The Morgan fingerprint density at radius 3 is 2.23 bits per heavy atom. The molecule has 1 unspecified atom stereocenters. The Labute approximate surface area is 171 Å². The topological polar surface area (TPSA) is 119 Å². The van der Waals surface area contributed by atoms with Gasteiger partial charge in [0, 0.05) is 18.2 Å². The summed E-state index contributed by atoms with van der Waals surface area (Å²) in [7, 11) is -4.09. The number of nitrogens with one attached hydrogen (secondary N) is 2. The van der Waals surface area contributed by atoms with Crippen molar-refractivity contribution < 1.29 is 36.3 Å². The summed E-state index contributed by atoms with van der Waals surface area (Å²) in [5.41, 5.74) is 0.193. The number of benzene rings is 2. The number of carbonyl (C=O) groups excluding carboxylic acids is 3. The summed E-state index contributed by atoms with van der Waals surface area (Å²) in [6.45, 7) is 1.74. The number of halogens is 2. The van der Waals surface area contributed by atoms with Gasteiger partial charge in [-0.3, -0.25) is 14.4 Å². The molecule has 0 aromatic heterocycles. The molecule has 2 aromatic rings. The number of Topliss-reactive ketones (excluding diaryl/α,β-unsaturated/α-hetero) is 1. The highest BCUT2D eigenvalue weighted by molar-refractivity contribution is 7.89. The lowest BCUT2D eigenvalue weighted by Crippen LogP contribution is -2.40. The molecule has 0 saturated carbocycles. The number of esters is 1. The number of carbonyl (C=O) groups is 3. The molecule has 30 heavy (non-hydrogen) atoms. The number of hydrogen-bond donors (Lipinski definition) is 2. The van der Waals surface area contributed by atoms with Crippen LogP contribution in [0.2, 0.25) is 0 Å². The van der Waals surface area contributed by atoms with Gasteiger partial charge in [-0.25, -0.2) is 17.2 Å². The fraction of sp³-hybridized carbons (Fsp3) is 0.211. The summed E-state index contributed by atoms with van der Waals surface area (Å²) >= 11 is 0. The summed E-state index contributed by atoms with van der Waals surface area (Å²) in [6, 6.07) is 6.35. The van der Waals surface area contributed by atoms with Crippen LogP contribution >= 0.6 is 0 Å². The third-order valence-electron chi connectivity index (χ3n) is 3.76. The molecule has 0 radical (unpaired) electrons. The van der Waals surface area contributed by atoms with Crippen LogP contribution in [0.3, 0.4) is 0 Å². The molecule has 0 aliphatic heterocycles. The van der Waals surface area contributed by atoms with Crippen LogP contribution in [0.25, 0.3) is 0 Å². The van der Waals surface area contributed by atoms with Gasteiger partial charge in [0.2, 0.25) is 15.9 Å². The van der Waals surface area contributed by atoms with Gasteiger partial charge in [0.25, 0.3) is 0 Å². The number of ketones is 1. The summed E-state index contributed by atoms with van der Waals surface area (Å²) in [5.74, 6) is -4.50. The number of amides is 1. The van der Waals surface area contributed by atoms with E-state index in [1.54, 1.807) is 0 Å². The molecular formula is C19H18F2N2O6S.